The molecular weight excluding hydrogens is 404 g/mol. The molecule has 0 saturated heterocycles. The second-order valence-electron chi connectivity index (χ2n) is 8.36. The molecule has 0 heterocycles. The summed E-state index contributed by atoms with van der Waals surface area (Å²) in [6, 6.07) is 29.1. The highest BCUT2D eigenvalue weighted by molar-refractivity contribution is 9.10. The van der Waals surface area contributed by atoms with Crippen LogP contribution in [0.5, 0.6) is 0 Å². The Hall–Kier alpha value is -2.64. The fourth-order valence-corrected chi connectivity index (χ4v) is 5.55. The predicted molar refractivity (Wildman–Crippen MR) is 124 cm³/mol. The van der Waals surface area contributed by atoms with E-state index in [0.717, 1.165) is 4.47 Å². The highest BCUT2D eigenvalue weighted by Crippen LogP contribution is 2.50. The Morgan fingerprint density at radius 2 is 1.39 bits per heavy atom. The maximum Gasteiger partial charge on any atom is 0.0254 e. The summed E-state index contributed by atoms with van der Waals surface area (Å²) >= 11 is 3.72. The van der Waals surface area contributed by atoms with Crippen molar-refractivity contribution in [3.05, 3.63) is 94.5 Å². The highest BCUT2D eigenvalue weighted by Gasteiger charge is 2.34. The molecule has 0 radical (unpaired) electrons. The van der Waals surface area contributed by atoms with Gasteiger partial charge in [-0.25, -0.2) is 0 Å². The lowest BCUT2D eigenvalue weighted by molar-refractivity contribution is 0.663. The van der Waals surface area contributed by atoms with Crippen molar-refractivity contribution in [2.24, 2.45) is 0 Å². The lowest BCUT2D eigenvalue weighted by Gasteiger charge is -2.23. The summed E-state index contributed by atoms with van der Waals surface area (Å²) in [5.74, 6) is 0. The normalized spacial score (nSPS) is 14.5. The first-order valence-corrected chi connectivity index (χ1v) is 10.5. The van der Waals surface area contributed by atoms with Crippen LogP contribution < -0.4 is 0 Å². The molecule has 5 aromatic carbocycles. The van der Waals surface area contributed by atoms with Gasteiger partial charge in [-0.2, -0.15) is 0 Å². The van der Waals surface area contributed by atoms with Crippen LogP contribution in [0.4, 0.5) is 0 Å². The Morgan fingerprint density at radius 1 is 0.643 bits per heavy atom. The first kappa shape index (κ1) is 16.3. The highest BCUT2D eigenvalue weighted by atomic mass is 79.9. The van der Waals surface area contributed by atoms with Crippen molar-refractivity contribution in [1.29, 1.82) is 0 Å². The van der Waals surface area contributed by atoms with Crippen LogP contribution in [0.3, 0.4) is 0 Å². The number of fused-ring (bicyclic) bond motifs is 1. The van der Waals surface area contributed by atoms with E-state index in [1.54, 1.807) is 0 Å². The largest absolute Gasteiger partial charge is 0.0616 e. The average molecular weight is 423 g/mol. The standard InChI is InChI=1S/C27H19Br/c1-27(2)22-9-5-6-16-10-11-17-14-18(15-23(27)26(17)25(16)22)19-12-13-24(28)21-8-4-3-7-20(19)21/h3-15H,1-2H3. The summed E-state index contributed by atoms with van der Waals surface area (Å²) < 4.78 is 1.15. The minimum Gasteiger partial charge on any atom is -0.0616 e. The Morgan fingerprint density at radius 3 is 2.25 bits per heavy atom. The molecule has 1 aliphatic rings. The van der Waals surface area contributed by atoms with E-state index >= 15 is 0 Å². The van der Waals surface area contributed by atoms with Crippen molar-refractivity contribution in [3.63, 3.8) is 0 Å². The summed E-state index contributed by atoms with van der Waals surface area (Å²) in [6.45, 7) is 4.72. The van der Waals surface area contributed by atoms with E-state index in [0.29, 0.717) is 0 Å². The maximum absolute atomic E-state index is 3.72. The number of hydrogen-bond acceptors (Lipinski definition) is 0. The van der Waals surface area contributed by atoms with Gasteiger partial charge in [-0.1, -0.05) is 90.4 Å². The molecule has 0 saturated carbocycles. The molecular formula is C27H19Br. The van der Waals surface area contributed by atoms with Gasteiger partial charge in [-0.3, -0.25) is 0 Å². The van der Waals surface area contributed by atoms with Gasteiger partial charge >= 0.3 is 0 Å². The van der Waals surface area contributed by atoms with Crippen LogP contribution in [-0.2, 0) is 5.41 Å². The van der Waals surface area contributed by atoms with Gasteiger partial charge in [0.1, 0.15) is 0 Å². The number of benzene rings is 5. The van der Waals surface area contributed by atoms with E-state index in [1.807, 2.05) is 0 Å². The van der Waals surface area contributed by atoms with Gasteiger partial charge < -0.3 is 0 Å². The van der Waals surface area contributed by atoms with Gasteiger partial charge in [-0.05, 0) is 72.8 Å². The summed E-state index contributed by atoms with van der Waals surface area (Å²) in [5.41, 5.74) is 5.50. The van der Waals surface area contributed by atoms with Gasteiger partial charge in [0.25, 0.3) is 0 Å². The van der Waals surface area contributed by atoms with Crippen LogP contribution in [0.2, 0.25) is 0 Å². The second kappa shape index (κ2) is 5.46. The van der Waals surface area contributed by atoms with E-state index in [-0.39, 0.29) is 5.41 Å². The molecule has 6 rings (SSSR count). The average Bonchev–Trinajstić information content (AvgIpc) is 2.95. The van der Waals surface area contributed by atoms with Gasteiger partial charge in [-0.15, -0.1) is 0 Å². The zero-order valence-electron chi connectivity index (χ0n) is 15.9. The first-order chi connectivity index (χ1) is 13.6. The maximum atomic E-state index is 3.72. The molecule has 0 amide bonds. The zero-order valence-corrected chi connectivity index (χ0v) is 17.5. The third-order valence-corrected chi connectivity index (χ3v) is 7.18. The molecule has 5 aromatic rings. The van der Waals surface area contributed by atoms with E-state index in [2.05, 4.69) is 109 Å². The predicted octanol–water partition coefficient (Wildman–Crippen LogP) is 8.22. The Balaban J connectivity index is 1.74. The summed E-state index contributed by atoms with van der Waals surface area (Å²) in [5, 5.41) is 8.10. The molecule has 134 valence electrons. The van der Waals surface area contributed by atoms with Crippen LogP contribution >= 0.6 is 15.9 Å². The Labute approximate surface area is 172 Å². The Kier molecular flexibility index (Phi) is 3.18. The monoisotopic (exact) mass is 422 g/mol. The lowest BCUT2D eigenvalue weighted by atomic mass is 9.80. The Bertz CT molecular complexity index is 1440. The number of hydrogen-bond donors (Lipinski definition) is 0. The van der Waals surface area contributed by atoms with E-state index in [1.165, 1.54) is 54.6 Å². The molecule has 1 heteroatoms. The van der Waals surface area contributed by atoms with Crippen molar-refractivity contribution in [3.8, 4) is 11.1 Å². The van der Waals surface area contributed by atoms with Gasteiger partial charge in [0.2, 0.25) is 0 Å². The SMILES string of the molecule is CC1(C)c2cccc3ccc4cc(-c5ccc(Br)c6ccccc56)cc1c4c23. The molecule has 1 aliphatic carbocycles. The second-order valence-corrected chi connectivity index (χ2v) is 9.21. The number of halogens is 1. The minimum absolute atomic E-state index is 0.0165. The van der Waals surface area contributed by atoms with Crippen molar-refractivity contribution in [2.45, 2.75) is 19.3 Å². The van der Waals surface area contributed by atoms with Crippen molar-refractivity contribution >= 4 is 48.2 Å². The van der Waals surface area contributed by atoms with Crippen LogP contribution in [0.1, 0.15) is 25.0 Å². The van der Waals surface area contributed by atoms with Crippen LogP contribution in [0.25, 0.3) is 43.4 Å². The van der Waals surface area contributed by atoms with Gasteiger partial charge in [0.05, 0.1) is 0 Å². The third-order valence-electron chi connectivity index (χ3n) is 6.49. The molecule has 0 N–H and O–H groups in total. The first-order valence-electron chi connectivity index (χ1n) is 9.74. The zero-order chi connectivity index (χ0) is 19.0. The van der Waals surface area contributed by atoms with Crippen LogP contribution in [0.15, 0.2) is 83.3 Å². The molecule has 0 bridgehead atoms. The van der Waals surface area contributed by atoms with Gasteiger partial charge in [0.15, 0.2) is 0 Å². The van der Waals surface area contributed by atoms with Crippen LogP contribution in [0, 0.1) is 0 Å². The summed E-state index contributed by atoms with van der Waals surface area (Å²) in [7, 11) is 0. The molecule has 0 atom stereocenters. The smallest absolute Gasteiger partial charge is 0.0254 e. The van der Waals surface area contributed by atoms with Crippen molar-refractivity contribution in [2.75, 3.05) is 0 Å². The lowest BCUT2D eigenvalue weighted by Crippen LogP contribution is -2.15. The summed E-state index contributed by atoms with van der Waals surface area (Å²) in [4.78, 5) is 0. The van der Waals surface area contributed by atoms with E-state index in [4.69, 9.17) is 0 Å². The fraction of sp³-hybridized carbons (Fsp3) is 0.111. The summed E-state index contributed by atoms with van der Waals surface area (Å²) in [6.07, 6.45) is 0. The minimum atomic E-state index is 0.0165. The van der Waals surface area contributed by atoms with Crippen LogP contribution in [-0.4, -0.2) is 0 Å². The van der Waals surface area contributed by atoms with Gasteiger partial charge in [0, 0.05) is 9.89 Å². The van der Waals surface area contributed by atoms with E-state index in [9.17, 15) is 0 Å². The molecule has 0 unspecified atom stereocenters. The molecule has 0 spiro atoms. The van der Waals surface area contributed by atoms with Crippen molar-refractivity contribution < 1.29 is 0 Å². The third kappa shape index (κ3) is 2.00. The number of rotatable bonds is 1. The van der Waals surface area contributed by atoms with E-state index < -0.39 is 0 Å². The quantitative estimate of drug-likeness (QED) is 0.238. The molecule has 0 aromatic heterocycles. The topological polar surface area (TPSA) is 0 Å². The molecule has 0 fully saturated rings. The molecule has 28 heavy (non-hydrogen) atoms. The fourth-order valence-electron chi connectivity index (χ4n) is 5.07. The molecule has 0 nitrogen and oxygen atoms in total. The van der Waals surface area contributed by atoms with Crippen molar-refractivity contribution in [1.82, 2.24) is 0 Å². The molecule has 0 aliphatic heterocycles.